The van der Waals surface area contributed by atoms with Gasteiger partial charge in [0.1, 0.15) is 23.8 Å². The number of aryl methyl sites for hydroxylation is 1. The van der Waals surface area contributed by atoms with Crippen LogP contribution >= 0.6 is 0 Å². The molecule has 0 aliphatic carbocycles. The molecule has 3 N–H and O–H groups in total. The van der Waals surface area contributed by atoms with Crippen molar-refractivity contribution in [1.82, 2.24) is 20.2 Å². The van der Waals surface area contributed by atoms with Gasteiger partial charge in [0, 0.05) is 53.6 Å². The number of hydrogen-bond acceptors (Lipinski definition) is 7. The smallest absolute Gasteiger partial charge is 0.417 e. The quantitative estimate of drug-likeness (QED) is 0.229. The Morgan fingerprint density at radius 1 is 1.15 bits per heavy atom. The molecule has 2 bridgehead atoms. The Morgan fingerprint density at radius 2 is 1.94 bits per heavy atom. The molecule has 5 aliphatic rings. The molecule has 1 aromatic heterocycles. The molecule has 254 valence electrons. The lowest BCUT2D eigenvalue weighted by molar-refractivity contribution is -0.137. The first-order valence-corrected chi connectivity index (χ1v) is 16.1. The number of hydrogen-bond donors (Lipinski definition) is 2. The molecule has 14 heteroatoms. The average molecular weight is 675 g/mol. The largest absolute Gasteiger partial charge is 0.461 e. The van der Waals surface area contributed by atoms with E-state index in [1.165, 1.54) is 6.92 Å². The number of aromatic nitrogens is 2. The number of nitrogens with two attached hydrogens (primary N) is 1. The summed E-state index contributed by atoms with van der Waals surface area (Å²) in [6.07, 6.45) is -3.22. The van der Waals surface area contributed by atoms with Gasteiger partial charge in [-0.3, -0.25) is 4.90 Å². The van der Waals surface area contributed by atoms with E-state index in [9.17, 15) is 22.0 Å². The number of fused-ring (bicyclic) bond motifs is 6. The van der Waals surface area contributed by atoms with E-state index in [0.717, 1.165) is 31.4 Å². The van der Waals surface area contributed by atoms with Crippen LogP contribution in [0.5, 0.6) is 6.01 Å². The lowest BCUT2D eigenvalue weighted by Crippen LogP contribution is -2.58. The number of rotatable bonds is 4. The molecule has 0 radical (unpaired) electrons. The van der Waals surface area contributed by atoms with Crippen molar-refractivity contribution >= 4 is 28.0 Å². The summed E-state index contributed by atoms with van der Waals surface area (Å²) in [6, 6.07) is 1.60. The van der Waals surface area contributed by atoms with Gasteiger partial charge in [-0.1, -0.05) is 6.58 Å². The second kappa shape index (κ2) is 10.8. The van der Waals surface area contributed by atoms with Crippen LogP contribution in [0.1, 0.15) is 55.2 Å². The third kappa shape index (κ3) is 4.69. The molecule has 5 aliphatic heterocycles. The number of alkyl halides is 3. The summed E-state index contributed by atoms with van der Waals surface area (Å²) >= 11 is 0. The minimum absolute atomic E-state index is 0.00444. The Morgan fingerprint density at radius 3 is 2.69 bits per heavy atom. The van der Waals surface area contributed by atoms with Gasteiger partial charge in [-0.25, -0.2) is 8.78 Å². The van der Waals surface area contributed by atoms with E-state index in [-0.39, 0.29) is 89.3 Å². The van der Waals surface area contributed by atoms with Gasteiger partial charge in [-0.2, -0.15) is 31.9 Å². The zero-order valence-corrected chi connectivity index (χ0v) is 26.1. The number of nitrogens with one attached hydrogen (secondary N) is 1. The Bertz CT molecular complexity index is 1920. The molecule has 0 saturated carbocycles. The van der Waals surface area contributed by atoms with Crippen molar-refractivity contribution < 1.29 is 35.5 Å². The summed E-state index contributed by atoms with van der Waals surface area (Å²) in [7, 11) is 0. The normalized spacial score (nSPS) is 26.7. The molecule has 2 aromatic carbocycles. The molecule has 6 heterocycles. The Hall–Kier alpha value is -3.91. The van der Waals surface area contributed by atoms with Crippen LogP contribution in [0.15, 0.2) is 30.4 Å². The third-order valence-electron chi connectivity index (χ3n) is 10.9. The number of benzene rings is 2. The van der Waals surface area contributed by atoms with E-state index in [0.29, 0.717) is 19.5 Å². The molecule has 3 aromatic rings. The summed E-state index contributed by atoms with van der Waals surface area (Å²) in [5, 5.41) is 3.59. The lowest BCUT2D eigenvalue weighted by Gasteiger charge is -2.41. The molecule has 4 atom stereocenters. The fourth-order valence-electron chi connectivity index (χ4n) is 8.90. The number of nitrogens with zero attached hydrogens (tertiary/aromatic N) is 4. The van der Waals surface area contributed by atoms with Gasteiger partial charge in [-0.15, -0.1) is 0 Å². The highest BCUT2D eigenvalue weighted by Crippen LogP contribution is 2.50. The second-order valence-corrected chi connectivity index (χ2v) is 13.8. The number of piperazine rings is 1. The molecule has 4 fully saturated rings. The lowest BCUT2D eigenvalue weighted by atomic mass is 9.88. The van der Waals surface area contributed by atoms with E-state index >= 15 is 8.78 Å². The van der Waals surface area contributed by atoms with Crippen LogP contribution in [0.2, 0.25) is 0 Å². The highest BCUT2D eigenvalue weighted by Gasteiger charge is 2.49. The van der Waals surface area contributed by atoms with Crippen LogP contribution in [0.4, 0.5) is 42.2 Å². The summed E-state index contributed by atoms with van der Waals surface area (Å²) < 4.78 is 111. The SMILES string of the molecule is C=C1C[C@H]2[C@@H]3CC[C@H](CN2c2nc(OC[C@@]45CCCN4CC(=C(F)F)C5)nc4c(F)c(-c5cc(N)cc(C)c5C(F)(F)F)c(F)c1c24)N3. The summed E-state index contributed by atoms with van der Waals surface area (Å²) in [5.74, 6) is -2.30. The molecule has 4 saturated heterocycles. The molecular weight excluding hydrogens is 641 g/mol. The molecule has 0 amide bonds. The first kappa shape index (κ1) is 31.4. The van der Waals surface area contributed by atoms with Crippen LogP contribution in [-0.4, -0.2) is 64.8 Å². The van der Waals surface area contributed by atoms with Gasteiger partial charge in [0.15, 0.2) is 5.82 Å². The Kier molecular flexibility index (Phi) is 7.05. The predicted molar refractivity (Wildman–Crippen MR) is 167 cm³/mol. The maximum absolute atomic E-state index is 16.9. The monoisotopic (exact) mass is 674 g/mol. The molecule has 48 heavy (non-hydrogen) atoms. The molecule has 7 nitrogen and oxygen atoms in total. The zero-order valence-electron chi connectivity index (χ0n) is 26.1. The van der Waals surface area contributed by atoms with Crippen LogP contribution in [-0.2, 0) is 6.18 Å². The summed E-state index contributed by atoms with van der Waals surface area (Å²) in [5.41, 5.74) is 1.72. The van der Waals surface area contributed by atoms with Crippen molar-refractivity contribution in [3.05, 3.63) is 58.7 Å². The Balaban J connectivity index is 1.35. The van der Waals surface area contributed by atoms with Gasteiger partial charge in [0.25, 0.3) is 6.08 Å². The van der Waals surface area contributed by atoms with Crippen molar-refractivity contribution in [1.29, 1.82) is 0 Å². The zero-order chi connectivity index (χ0) is 33.9. The highest BCUT2D eigenvalue weighted by molar-refractivity contribution is 6.04. The maximum Gasteiger partial charge on any atom is 0.417 e. The van der Waals surface area contributed by atoms with E-state index in [1.54, 1.807) is 0 Å². The van der Waals surface area contributed by atoms with Crippen molar-refractivity contribution in [3.8, 4) is 17.1 Å². The Labute approximate surface area is 271 Å². The fraction of sp³-hybridized carbons (Fsp3) is 0.471. The van der Waals surface area contributed by atoms with Gasteiger partial charge < -0.3 is 20.7 Å². The van der Waals surface area contributed by atoms with E-state index in [4.69, 9.17) is 15.5 Å². The fourth-order valence-corrected chi connectivity index (χ4v) is 8.90. The highest BCUT2D eigenvalue weighted by atomic mass is 19.4. The standard InChI is InChI=1S/C34H33F7N6O/c1-15-9-22-21-5-4-19(43-21)13-47(22)31-25-23(15)27(35)24(20-10-18(42)8-16(2)26(20)34(39,40)41)28(36)29(25)44-32(45-31)48-14-33-6-3-7-46(33)12-17(11-33)30(37)38/h8,10,19,21-22,43H,1,3-7,9,11-14,42H2,2H3/t19-,21+,22+,33+/m1/s1. The summed E-state index contributed by atoms with van der Waals surface area (Å²) in [6.45, 7) is 6.47. The van der Waals surface area contributed by atoms with Crippen molar-refractivity contribution in [2.45, 2.75) is 75.3 Å². The molecule has 0 spiro atoms. The number of halogens is 7. The summed E-state index contributed by atoms with van der Waals surface area (Å²) in [4.78, 5) is 13.0. The van der Waals surface area contributed by atoms with E-state index in [2.05, 4.69) is 16.9 Å². The number of anilines is 2. The minimum atomic E-state index is -4.96. The van der Waals surface area contributed by atoms with Crippen molar-refractivity contribution in [2.75, 3.05) is 36.9 Å². The maximum atomic E-state index is 16.9. The van der Waals surface area contributed by atoms with Gasteiger partial charge >= 0.3 is 12.2 Å². The minimum Gasteiger partial charge on any atom is -0.461 e. The first-order chi connectivity index (χ1) is 22.8. The van der Waals surface area contributed by atoms with Crippen molar-refractivity contribution in [2.24, 2.45) is 0 Å². The topological polar surface area (TPSA) is 79.5 Å². The average Bonchev–Trinajstić information content (AvgIpc) is 3.67. The predicted octanol–water partition coefficient (Wildman–Crippen LogP) is 6.98. The van der Waals surface area contributed by atoms with Crippen LogP contribution in [0.3, 0.4) is 0 Å². The van der Waals surface area contributed by atoms with Crippen LogP contribution in [0, 0.1) is 18.6 Å². The van der Waals surface area contributed by atoms with Crippen molar-refractivity contribution in [3.63, 3.8) is 0 Å². The third-order valence-corrected chi connectivity index (χ3v) is 10.9. The molecular formula is C34H33F7N6O. The van der Waals surface area contributed by atoms with Crippen LogP contribution in [0.25, 0.3) is 27.6 Å². The van der Waals surface area contributed by atoms with Crippen LogP contribution < -0.4 is 20.7 Å². The first-order valence-electron chi connectivity index (χ1n) is 16.1. The van der Waals surface area contributed by atoms with Gasteiger partial charge in [0.2, 0.25) is 0 Å². The van der Waals surface area contributed by atoms with Gasteiger partial charge in [0.05, 0.1) is 22.1 Å². The second-order valence-electron chi connectivity index (χ2n) is 13.8. The number of nitrogen functional groups attached to an aromatic ring is 1. The number of ether oxygens (including phenoxy) is 1. The molecule has 8 rings (SSSR count). The van der Waals surface area contributed by atoms with E-state index in [1.807, 2.05) is 9.80 Å². The van der Waals surface area contributed by atoms with E-state index < -0.39 is 51.6 Å². The van der Waals surface area contributed by atoms with Gasteiger partial charge in [-0.05, 0) is 75.3 Å². The molecule has 0 unspecified atom stereocenters.